The molecule has 0 bridgehead atoms. The van der Waals surface area contributed by atoms with Crippen LogP contribution < -0.4 is 5.32 Å². The molecule has 12 heavy (non-hydrogen) atoms. The molecule has 1 N–H and O–H groups in total. The third-order valence-corrected chi connectivity index (χ3v) is 1.30. The van der Waals surface area contributed by atoms with E-state index in [1.807, 2.05) is 0 Å². The Hall–Kier alpha value is -1.54. The van der Waals surface area contributed by atoms with Gasteiger partial charge in [-0.05, 0) is 0 Å². The Kier molecular flexibility index (Phi) is 2.66. The van der Waals surface area contributed by atoms with Gasteiger partial charge in [0.05, 0.1) is 0 Å². The molecule has 0 unspecified atom stereocenters. The van der Waals surface area contributed by atoms with Gasteiger partial charge in [0.1, 0.15) is 19.9 Å². The molecule has 0 spiro atoms. The summed E-state index contributed by atoms with van der Waals surface area (Å²) >= 11 is 0. The van der Waals surface area contributed by atoms with Crippen LogP contribution in [0.1, 0.15) is 0 Å². The molecule has 0 aromatic heterocycles. The van der Waals surface area contributed by atoms with Gasteiger partial charge in [-0.25, -0.2) is 4.79 Å². The maximum Gasteiger partial charge on any atom is 0.326 e. The number of carbonyl (C=O) groups excluding carboxylic acids is 2. The number of terminal acetylenes is 1. The summed E-state index contributed by atoms with van der Waals surface area (Å²) in [7, 11) is 0. The lowest BCUT2D eigenvalue weighted by Crippen LogP contribution is -2.30. The van der Waals surface area contributed by atoms with Gasteiger partial charge in [-0.2, -0.15) is 0 Å². The molecule has 5 heteroatoms. The molecule has 64 valence electrons. The first-order valence-electron chi connectivity index (χ1n) is 3.34. The number of hydrogen-bond acceptors (Lipinski definition) is 3. The van der Waals surface area contributed by atoms with Crippen LogP contribution in [0.15, 0.2) is 0 Å². The van der Waals surface area contributed by atoms with E-state index >= 15 is 0 Å². The van der Waals surface area contributed by atoms with Crippen molar-refractivity contribution in [2.75, 3.05) is 19.9 Å². The summed E-state index contributed by atoms with van der Waals surface area (Å²) in [4.78, 5) is 22.7. The smallest absolute Gasteiger partial charge is 0.326 e. The highest BCUT2D eigenvalue weighted by atomic mass is 16.5. The lowest BCUT2D eigenvalue weighted by atomic mass is 10.6. The molecule has 1 rings (SSSR count). The molecule has 0 saturated carbocycles. The van der Waals surface area contributed by atoms with Gasteiger partial charge in [-0.15, -0.1) is 6.42 Å². The van der Waals surface area contributed by atoms with E-state index < -0.39 is 6.03 Å². The zero-order chi connectivity index (χ0) is 8.97. The van der Waals surface area contributed by atoms with E-state index in [4.69, 9.17) is 11.2 Å². The van der Waals surface area contributed by atoms with Crippen molar-refractivity contribution in [1.82, 2.24) is 10.2 Å². The molecule has 1 saturated heterocycles. The summed E-state index contributed by atoms with van der Waals surface area (Å²) in [5.41, 5.74) is 0. The third-order valence-electron chi connectivity index (χ3n) is 1.30. The Morgan fingerprint density at radius 3 is 2.92 bits per heavy atom. The van der Waals surface area contributed by atoms with Crippen molar-refractivity contribution < 1.29 is 14.3 Å². The Morgan fingerprint density at radius 1 is 1.67 bits per heavy atom. The van der Waals surface area contributed by atoms with Crippen LogP contribution in [0, 0.1) is 12.3 Å². The van der Waals surface area contributed by atoms with Crippen molar-refractivity contribution in [3.05, 3.63) is 0 Å². The quantitative estimate of drug-likeness (QED) is 0.339. The van der Waals surface area contributed by atoms with E-state index in [0.29, 0.717) is 0 Å². The van der Waals surface area contributed by atoms with Crippen LogP contribution in [0.2, 0.25) is 0 Å². The first-order valence-corrected chi connectivity index (χ1v) is 3.34. The molecule has 5 nitrogen and oxygen atoms in total. The maximum atomic E-state index is 10.8. The minimum atomic E-state index is -0.433. The number of amides is 3. The summed E-state index contributed by atoms with van der Waals surface area (Å²) < 4.78 is 4.86. The summed E-state index contributed by atoms with van der Waals surface area (Å²) in [5, 5.41) is 2.11. The van der Waals surface area contributed by atoms with Crippen LogP contribution in [-0.2, 0) is 9.53 Å². The molecule has 0 aromatic carbocycles. The number of urea groups is 1. The number of ether oxygens (including phenoxy) is 1. The van der Waals surface area contributed by atoms with Crippen molar-refractivity contribution in [2.24, 2.45) is 0 Å². The molecule has 1 heterocycles. The van der Waals surface area contributed by atoms with Crippen LogP contribution >= 0.6 is 0 Å². The van der Waals surface area contributed by atoms with Crippen molar-refractivity contribution in [1.29, 1.82) is 0 Å². The summed E-state index contributed by atoms with van der Waals surface area (Å²) in [5.74, 6) is 1.94. The van der Waals surface area contributed by atoms with E-state index in [0.717, 1.165) is 0 Å². The van der Waals surface area contributed by atoms with Gasteiger partial charge in [-0.1, -0.05) is 5.92 Å². The first-order chi connectivity index (χ1) is 5.74. The van der Waals surface area contributed by atoms with Crippen LogP contribution in [0.4, 0.5) is 4.79 Å². The van der Waals surface area contributed by atoms with Gasteiger partial charge in [0, 0.05) is 0 Å². The SMILES string of the molecule is C#CCOCN1CC(=O)NC1=O. The van der Waals surface area contributed by atoms with Crippen molar-refractivity contribution in [2.45, 2.75) is 0 Å². The monoisotopic (exact) mass is 168 g/mol. The number of imide groups is 1. The first kappa shape index (κ1) is 8.56. The zero-order valence-corrected chi connectivity index (χ0v) is 6.37. The fraction of sp³-hybridized carbons (Fsp3) is 0.429. The number of nitrogens with zero attached hydrogens (tertiary/aromatic N) is 1. The molecule has 0 atom stereocenters. The van der Waals surface area contributed by atoms with Gasteiger partial charge < -0.3 is 4.74 Å². The van der Waals surface area contributed by atoms with Crippen LogP contribution in [0.5, 0.6) is 0 Å². The fourth-order valence-electron chi connectivity index (χ4n) is 0.802. The van der Waals surface area contributed by atoms with E-state index in [2.05, 4.69) is 11.2 Å². The number of carbonyl (C=O) groups is 2. The van der Waals surface area contributed by atoms with Crippen LogP contribution in [0.25, 0.3) is 0 Å². The minimum Gasteiger partial charge on any atom is -0.348 e. The Bertz CT molecular complexity index is 244. The number of nitrogens with one attached hydrogen (secondary N) is 1. The highest BCUT2D eigenvalue weighted by Crippen LogP contribution is 1.96. The van der Waals surface area contributed by atoms with E-state index in [-0.39, 0.29) is 25.8 Å². The van der Waals surface area contributed by atoms with E-state index in [1.165, 1.54) is 4.90 Å². The summed E-state index contributed by atoms with van der Waals surface area (Å²) in [6, 6.07) is -0.433. The van der Waals surface area contributed by atoms with E-state index in [1.54, 1.807) is 0 Å². The highest BCUT2D eigenvalue weighted by Gasteiger charge is 2.25. The van der Waals surface area contributed by atoms with E-state index in [9.17, 15) is 9.59 Å². The lowest BCUT2D eigenvalue weighted by Gasteiger charge is -2.11. The standard InChI is InChI=1S/C7H8N2O3/c1-2-3-12-5-9-4-6(10)8-7(9)11/h1H,3-5H2,(H,8,10,11). The molecular weight excluding hydrogens is 160 g/mol. The Morgan fingerprint density at radius 2 is 2.42 bits per heavy atom. The number of hydrogen-bond donors (Lipinski definition) is 1. The van der Waals surface area contributed by atoms with Crippen molar-refractivity contribution >= 4 is 11.9 Å². The molecule has 0 radical (unpaired) electrons. The van der Waals surface area contributed by atoms with Gasteiger partial charge in [-0.3, -0.25) is 15.0 Å². The Balaban J connectivity index is 2.29. The predicted molar refractivity (Wildman–Crippen MR) is 39.9 cm³/mol. The van der Waals surface area contributed by atoms with Gasteiger partial charge in [0.25, 0.3) is 0 Å². The zero-order valence-electron chi connectivity index (χ0n) is 6.37. The molecule has 1 aliphatic rings. The largest absolute Gasteiger partial charge is 0.348 e. The maximum absolute atomic E-state index is 10.8. The average molecular weight is 168 g/mol. The van der Waals surface area contributed by atoms with Gasteiger partial charge in [0.2, 0.25) is 5.91 Å². The van der Waals surface area contributed by atoms with Crippen molar-refractivity contribution in [3.8, 4) is 12.3 Å². The molecule has 3 amide bonds. The second-order valence-electron chi connectivity index (χ2n) is 2.23. The average Bonchev–Trinajstić information content (AvgIpc) is 2.31. The minimum absolute atomic E-state index is 0.0450. The van der Waals surface area contributed by atoms with Crippen molar-refractivity contribution in [3.63, 3.8) is 0 Å². The van der Waals surface area contributed by atoms with Gasteiger partial charge >= 0.3 is 6.03 Å². The molecule has 1 fully saturated rings. The molecular formula is C7H8N2O3. The summed E-state index contributed by atoms with van der Waals surface area (Å²) in [6.45, 7) is 0.239. The van der Waals surface area contributed by atoms with Gasteiger partial charge in [0.15, 0.2) is 0 Å². The van der Waals surface area contributed by atoms with Crippen LogP contribution in [0.3, 0.4) is 0 Å². The van der Waals surface area contributed by atoms with Crippen LogP contribution in [-0.4, -0.2) is 36.7 Å². The summed E-state index contributed by atoms with van der Waals surface area (Å²) in [6.07, 6.45) is 4.91. The number of rotatable bonds is 3. The fourth-order valence-corrected chi connectivity index (χ4v) is 0.802. The predicted octanol–water partition coefficient (Wildman–Crippen LogP) is -0.855. The second kappa shape index (κ2) is 3.74. The highest BCUT2D eigenvalue weighted by molar-refractivity contribution is 6.01. The Labute approximate surface area is 69.7 Å². The lowest BCUT2D eigenvalue weighted by molar-refractivity contribution is -0.118. The normalized spacial score (nSPS) is 16.1. The second-order valence-corrected chi connectivity index (χ2v) is 2.23. The molecule has 0 aliphatic carbocycles. The molecule has 0 aromatic rings. The topological polar surface area (TPSA) is 58.6 Å². The molecule has 1 aliphatic heterocycles. The third kappa shape index (κ3) is 1.97.